The normalized spacial score (nSPS) is 12.3. The molecule has 1 unspecified atom stereocenters. The number of nitrogens with one attached hydrogen (secondary N) is 1. The number of aryl methyl sites for hydroxylation is 2. The Balaban J connectivity index is 1.53. The molecule has 2 heterocycles. The molecule has 7 heteroatoms. The van der Waals surface area contributed by atoms with Crippen molar-refractivity contribution in [3.05, 3.63) is 63.0 Å². The SMILES string of the molecule is Cc1c(C(=O)NCCCOC(C)c2ccccc2)sc2ncn(C)c(=O)c12. The highest BCUT2D eigenvalue weighted by atomic mass is 32.1. The molecule has 1 amide bonds. The van der Waals surface area contributed by atoms with E-state index < -0.39 is 0 Å². The molecule has 0 aliphatic heterocycles. The number of nitrogens with zero attached hydrogens (tertiary/aromatic N) is 2. The molecule has 0 fully saturated rings. The van der Waals surface area contributed by atoms with Gasteiger partial charge in [-0.05, 0) is 31.4 Å². The number of ether oxygens (including phenoxy) is 1. The van der Waals surface area contributed by atoms with Crippen molar-refractivity contribution < 1.29 is 9.53 Å². The van der Waals surface area contributed by atoms with Crippen LogP contribution in [-0.2, 0) is 11.8 Å². The second-order valence-electron chi connectivity index (χ2n) is 6.43. The number of carbonyl (C=O) groups excluding carboxylic acids is 1. The maximum atomic E-state index is 12.5. The first kappa shape index (κ1) is 19.3. The highest BCUT2D eigenvalue weighted by Crippen LogP contribution is 2.26. The molecule has 0 aliphatic rings. The van der Waals surface area contributed by atoms with Gasteiger partial charge in [-0.2, -0.15) is 0 Å². The van der Waals surface area contributed by atoms with Crippen LogP contribution in [0.15, 0.2) is 41.5 Å². The van der Waals surface area contributed by atoms with Gasteiger partial charge in [0.2, 0.25) is 0 Å². The van der Waals surface area contributed by atoms with Gasteiger partial charge in [0.05, 0.1) is 22.7 Å². The lowest BCUT2D eigenvalue weighted by molar-refractivity contribution is 0.0635. The van der Waals surface area contributed by atoms with Gasteiger partial charge in [-0.25, -0.2) is 4.98 Å². The molecular formula is C20H23N3O3S. The summed E-state index contributed by atoms with van der Waals surface area (Å²) < 4.78 is 7.24. The van der Waals surface area contributed by atoms with E-state index in [1.807, 2.05) is 37.3 Å². The molecule has 1 atom stereocenters. The third-order valence-electron chi connectivity index (χ3n) is 4.46. The average molecular weight is 385 g/mol. The van der Waals surface area contributed by atoms with E-state index in [4.69, 9.17) is 4.74 Å². The first-order valence-corrected chi connectivity index (χ1v) is 9.70. The molecule has 2 aromatic heterocycles. The van der Waals surface area contributed by atoms with Gasteiger partial charge >= 0.3 is 0 Å². The molecule has 0 spiro atoms. The second-order valence-corrected chi connectivity index (χ2v) is 7.43. The first-order valence-electron chi connectivity index (χ1n) is 8.88. The molecular weight excluding hydrogens is 362 g/mol. The molecule has 0 bridgehead atoms. The van der Waals surface area contributed by atoms with E-state index in [9.17, 15) is 9.59 Å². The van der Waals surface area contributed by atoms with Crippen molar-refractivity contribution in [2.45, 2.75) is 26.4 Å². The zero-order valence-electron chi connectivity index (χ0n) is 15.7. The Bertz CT molecular complexity index is 995. The van der Waals surface area contributed by atoms with Crippen LogP contribution in [0, 0.1) is 6.92 Å². The van der Waals surface area contributed by atoms with Crippen LogP contribution in [0.1, 0.15) is 40.2 Å². The van der Waals surface area contributed by atoms with Gasteiger partial charge in [-0.1, -0.05) is 30.3 Å². The van der Waals surface area contributed by atoms with Crippen LogP contribution in [0.3, 0.4) is 0 Å². The Morgan fingerprint density at radius 1 is 1.33 bits per heavy atom. The van der Waals surface area contributed by atoms with Crippen LogP contribution in [0.4, 0.5) is 0 Å². The number of amides is 1. The third kappa shape index (κ3) is 4.26. The smallest absolute Gasteiger partial charge is 0.262 e. The lowest BCUT2D eigenvalue weighted by Gasteiger charge is -2.13. The summed E-state index contributed by atoms with van der Waals surface area (Å²) in [4.78, 5) is 30.1. The van der Waals surface area contributed by atoms with Gasteiger partial charge < -0.3 is 14.6 Å². The average Bonchev–Trinajstić information content (AvgIpc) is 3.02. The Kier molecular flexibility index (Phi) is 6.03. The van der Waals surface area contributed by atoms with Crippen molar-refractivity contribution >= 4 is 27.5 Å². The van der Waals surface area contributed by atoms with E-state index in [-0.39, 0.29) is 17.6 Å². The number of hydrogen-bond acceptors (Lipinski definition) is 5. The molecule has 0 radical (unpaired) electrons. The van der Waals surface area contributed by atoms with Crippen LogP contribution in [0.2, 0.25) is 0 Å². The molecule has 0 saturated heterocycles. The maximum absolute atomic E-state index is 12.5. The van der Waals surface area contributed by atoms with Crippen LogP contribution in [-0.4, -0.2) is 28.6 Å². The minimum atomic E-state index is -0.173. The quantitative estimate of drug-likeness (QED) is 0.634. The number of fused-ring (bicyclic) bond motifs is 1. The fourth-order valence-electron chi connectivity index (χ4n) is 2.86. The van der Waals surface area contributed by atoms with Crippen LogP contribution in [0.25, 0.3) is 10.2 Å². The van der Waals surface area contributed by atoms with E-state index in [2.05, 4.69) is 10.3 Å². The lowest BCUT2D eigenvalue weighted by Crippen LogP contribution is -2.25. The zero-order valence-corrected chi connectivity index (χ0v) is 16.5. The molecule has 3 aromatic rings. The Morgan fingerprint density at radius 2 is 2.07 bits per heavy atom. The summed E-state index contributed by atoms with van der Waals surface area (Å²) in [5.41, 5.74) is 1.70. The molecule has 27 heavy (non-hydrogen) atoms. The van der Waals surface area contributed by atoms with Crippen LogP contribution in [0.5, 0.6) is 0 Å². The van der Waals surface area contributed by atoms with Crippen LogP contribution >= 0.6 is 11.3 Å². The predicted octanol–water partition coefficient (Wildman–Crippen LogP) is 3.20. The van der Waals surface area contributed by atoms with Gasteiger partial charge in [0, 0.05) is 20.2 Å². The Hall–Kier alpha value is -2.51. The Morgan fingerprint density at radius 3 is 2.81 bits per heavy atom. The molecule has 1 N–H and O–H groups in total. The van der Waals surface area contributed by atoms with Crippen molar-refractivity contribution in [3.63, 3.8) is 0 Å². The van der Waals surface area contributed by atoms with Gasteiger partial charge in [0.15, 0.2) is 0 Å². The van der Waals surface area contributed by atoms with E-state index >= 15 is 0 Å². The van der Waals surface area contributed by atoms with Crippen molar-refractivity contribution in [3.8, 4) is 0 Å². The van der Waals surface area contributed by atoms with Gasteiger partial charge in [0.1, 0.15) is 4.83 Å². The molecule has 142 valence electrons. The molecule has 3 rings (SSSR count). The lowest BCUT2D eigenvalue weighted by atomic mass is 10.1. The molecule has 0 saturated carbocycles. The maximum Gasteiger partial charge on any atom is 0.262 e. The molecule has 1 aromatic carbocycles. The number of aromatic nitrogens is 2. The standard InChI is InChI=1S/C20H23N3O3S/c1-13-16-19(22-12-23(3)20(16)25)27-17(13)18(24)21-10-7-11-26-14(2)15-8-5-4-6-9-15/h4-6,8-9,12,14H,7,10-11H2,1-3H3,(H,21,24). The fourth-order valence-corrected chi connectivity index (χ4v) is 3.92. The largest absolute Gasteiger partial charge is 0.374 e. The summed E-state index contributed by atoms with van der Waals surface area (Å²) in [7, 11) is 1.65. The number of hydrogen-bond donors (Lipinski definition) is 1. The third-order valence-corrected chi connectivity index (χ3v) is 5.66. The van der Waals surface area contributed by atoms with Gasteiger partial charge in [-0.3, -0.25) is 9.59 Å². The molecule has 0 aliphatic carbocycles. The summed E-state index contributed by atoms with van der Waals surface area (Å²) in [5, 5.41) is 3.43. The highest BCUT2D eigenvalue weighted by Gasteiger charge is 2.18. The van der Waals surface area contributed by atoms with E-state index in [1.54, 1.807) is 14.0 Å². The summed E-state index contributed by atoms with van der Waals surface area (Å²) in [6.45, 7) is 4.88. The van der Waals surface area contributed by atoms with Crippen molar-refractivity contribution in [2.24, 2.45) is 7.05 Å². The number of rotatable bonds is 7. The number of carbonyl (C=O) groups is 1. The predicted molar refractivity (Wildman–Crippen MR) is 107 cm³/mol. The monoisotopic (exact) mass is 385 g/mol. The van der Waals surface area contributed by atoms with Crippen LogP contribution < -0.4 is 10.9 Å². The van der Waals surface area contributed by atoms with Crippen molar-refractivity contribution in [1.82, 2.24) is 14.9 Å². The zero-order chi connectivity index (χ0) is 19.4. The fraction of sp³-hybridized carbons (Fsp3) is 0.350. The first-order chi connectivity index (χ1) is 13.0. The number of benzene rings is 1. The van der Waals surface area contributed by atoms with Gasteiger partial charge in [-0.15, -0.1) is 11.3 Å². The summed E-state index contributed by atoms with van der Waals surface area (Å²) in [6.07, 6.45) is 2.22. The van der Waals surface area contributed by atoms with E-state index in [1.165, 1.54) is 22.2 Å². The summed E-state index contributed by atoms with van der Waals surface area (Å²) >= 11 is 1.25. The van der Waals surface area contributed by atoms with Gasteiger partial charge in [0.25, 0.3) is 11.5 Å². The van der Waals surface area contributed by atoms with Crippen molar-refractivity contribution in [2.75, 3.05) is 13.2 Å². The summed E-state index contributed by atoms with van der Waals surface area (Å²) in [5.74, 6) is -0.173. The molecule has 6 nitrogen and oxygen atoms in total. The topological polar surface area (TPSA) is 73.2 Å². The highest BCUT2D eigenvalue weighted by molar-refractivity contribution is 7.20. The van der Waals surface area contributed by atoms with E-state index in [0.717, 1.165) is 5.56 Å². The summed E-state index contributed by atoms with van der Waals surface area (Å²) in [6, 6.07) is 10.0. The Labute approximate surface area is 161 Å². The van der Waals surface area contributed by atoms with E-state index in [0.29, 0.717) is 40.2 Å². The minimum absolute atomic E-state index is 0.0223. The second kappa shape index (κ2) is 8.45. The number of thiophene rings is 1. The van der Waals surface area contributed by atoms with Crippen molar-refractivity contribution in [1.29, 1.82) is 0 Å². The minimum Gasteiger partial charge on any atom is -0.374 e.